The molecule has 1 aromatic carbocycles. The molecule has 110 valence electrons. The molecule has 1 aromatic heterocycles. The summed E-state index contributed by atoms with van der Waals surface area (Å²) in [5, 5.41) is 11.8. The number of hydrogen-bond donors (Lipinski definition) is 1. The van der Waals surface area contributed by atoms with Gasteiger partial charge in [-0.2, -0.15) is 5.10 Å². The van der Waals surface area contributed by atoms with Crippen LogP contribution in [0, 0.1) is 0 Å². The highest BCUT2D eigenvalue weighted by Crippen LogP contribution is 2.19. The van der Waals surface area contributed by atoms with Gasteiger partial charge in [0.2, 0.25) is 0 Å². The molecular weight excluding hydrogens is 328 g/mol. The van der Waals surface area contributed by atoms with E-state index in [1.165, 1.54) is 22.9 Å². The molecule has 5 heteroatoms. The van der Waals surface area contributed by atoms with E-state index in [2.05, 4.69) is 54.5 Å². The maximum Gasteiger partial charge on any atom is 0.151 e. The normalized spacial score (nSPS) is 18.7. The fourth-order valence-corrected chi connectivity index (χ4v) is 3.13. The van der Waals surface area contributed by atoms with Gasteiger partial charge in [0.05, 0.1) is 0 Å². The van der Waals surface area contributed by atoms with Gasteiger partial charge in [0.1, 0.15) is 0 Å². The van der Waals surface area contributed by atoms with Crippen LogP contribution in [0.1, 0.15) is 18.4 Å². The molecule has 21 heavy (non-hydrogen) atoms. The predicted octanol–water partition coefficient (Wildman–Crippen LogP) is 3.00. The Labute approximate surface area is 133 Å². The minimum Gasteiger partial charge on any atom is -0.354 e. The van der Waals surface area contributed by atoms with Crippen molar-refractivity contribution in [3.63, 3.8) is 0 Å². The quantitative estimate of drug-likeness (QED) is 0.923. The number of nitrogens with zero attached hydrogens (tertiary/aromatic N) is 3. The molecule has 2 heterocycles. The molecule has 0 radical (unpaired) electrons. The third-order valence-corrected chi connectivity index (χ3v) is 4.62. The molecule has 1 aliphatic heterocycles. The van der Waals surface area contributed by atoms with Crippen molar-refractivity contribution in [2.75, 3.05) is 18.0 Å². The summed E-state index contributed by atoms with van der Waals surface area (Å²) < 4.78 is 1.17. The SMILES string of the molecule is Brc1ccccc1CN[C@@H]1CCCN(c2cccnn2)C1. The van der Waals surface area contributed by atoms with Crippen molar-refractivity contribution in [1.29, 1.82) is 0 Å². The van der Waals surface area contributed by atoms with Crippen LogP contribution >= 0.6 is 15.9 Å². The molecule has 0 amide bonds. The summed E-state index contributed by atoms with van der Waals surface area (Å²) in [4.78, 5) is 2.31. The molecule has 0 aliphatic carbocycles. The first-order valence-electron chi connectivity index (χ1n) is 7.32. The van der Waals surface area contributed by atoms with Crippen molar-refractivity contribution in [2.24, 2.45) is 0 Å². The van der Waals surface area contributed by atoms with Crippen molar-refractivity contribution in [3.8, 4) is 0 Å². The third kappa shape index (κ3) is 3.80. The summed E-state index contributed by atoms with van der Waals surface area (Å²) in [6, 6.07) is 12.8. The van der Waals surface area contributed by atoms with Crippen molar-refractivity contribution in [3.05, 3.63) is 52.6 Å². The molecule has 0 saturated carbocycles. The monoisotopic (exact) mass is 346 g/mol. The second kappa shape index (κ2) is 7.00. The van der Waals surface area contributed by atoms with Gasteiger partial charge in [-0.1, -0.05) is 34.1 Å². The van der Waals surface area contributed by atoms with Crippen LogP contribution in [0.25, 0.3) is 0 Å². The van der Waals surface area contributed by atoms with Crippen molar-refractivity contribution < 1.29 is 0 Å². The average molecular weight is 347 g/mol. The van der Waals surface area contributed by atoms with Crippen LogP contribution in [0.3, 0.4) is 0 Å². The number of halogens is 1. The number of benzene rings is 1. The van der Waals surface area contributed by atoms with Crippen molar-refractivity contribution >= 4 is 21.7 Å². The van der Waals surface area contributed by atoms with Gasteiger partial charge in [0.15, 0.2) is 5.82 Å². The van der Waals surface area contributed by atoms with Gasteiger partial charge in [-0.3, -0.25) is 0 Å². The molecule has 1 saturated heterocycles. The maximum absolute atomic E-state index is 4.21. The smallest absolute Gasteiger partial charge is 0.151 e. The van der Waals surface area contributed by atoms with Crippen LogP contribution in [0.2, 0.25) is 0 Å². The fraction of sp³-hybridized carbons (Fsp3) is 0.375. The lowest BCUT2D eigenvalue weighted by Crippen LogP contribution is -2.45. The average Bonchev–Trinajstić information content (AvgIpc) is 2.55. The number of piperidine rings is 1. The number of anilines is 1. The zero-order chi connectivity index (χ0) is 14.5. The van der Waals surface area contributed by atoms with Crippen LogP contribution in [0.4, 0.5) is 5.82 Å². The first-order chi connectivity index (χ1) is 10.3. The zero-order valence-electron chi connectivity index (χ0n) is 11.9. The summed E-state index contributed by atoms with van der Waals surface area (Å²) in [6.45, 7) is 2.94. The van der Waals surface area contributed by atoms with Crippen LogP contribution in [0.15, 0.2) is 47.1 Å². The number of hydrogen-bond acceptors (Lipinski definition) is 4. The summed E-state index contributed by atoms with van der Waals surface area (Å²) in [6.07, 6.45) is 4.11. The molecule has 1 N–H and O–H groups in total. The Hall–Kier alpha value is -1.46. The maximum atomic E-state index is 4.21. The molecule has 1 aliphatic rings. The summed E-state index contributed by atoms with van der Waals surface area (Å²) in [7, 11) is 0. The van der Waals surface area contributed by atoms with Crippen LogP contribution in [-0.2, 0) is 6.54 Å². The molecule has 0 bridgehead atoms. The van der Waals surface area contributed by atoms with Gasteiger partial charge in [-0.05, 0) is 36.6 Å². The van der Waals surface area contributed by atoms with E-state index < -0.39 is 0 Å². The summed E-state index contributed by atoms with van der Waals surface area (Å²) in [5.41, 5.74) is 1.30. The van der Waals surface area contributed by atoms with Gasteiger partial charge in [-0.15, -0.1) is 5.10 Å². The summed E-state index contributed by atoms with van der Waals surface area (Å²) >= 11 is 3.60. The van der Waals surface area contributed by atoms with E-state index in [0.29, 0.717) is 6.04 Å². The Morgan fingerprint density at radius 1 is 1.24 bits per heavy atom. The highest BCUT2D eigenvalue weighted by molar-refractivity contribution is 9.10. The summed E-state index contributed by atoms with van der Waals surface area (Å²) in [5.74, 6) is 0.977. The Kier molecular flexibility index (Phi) is 4.83. The molecule has 4 nitrogen and oxygen atoms in total. The largest absolute Gasteiger partial charge is 0.354 e. The lowest BCUT2D eigenvalue weighted by Gasteiger charge is -2.33. The third-order valence-electron chi connectivity index (χ3n) is 3.84. The topological polar surface area (TPSA) is 41.0 Å². The second-order valence-electron chi connectivity index (χ2n) is 5.34. The predicted molar refractivity (Wildman–Crippen MR) is 88.2 cm³/mol. The van der Waals surface area contributed by atoms with Gasteiger partial charge in [-0.25, -0.2) is 0 Å². The highest BCUT2D eigenvalue weighted by atomic mass is 79.9. The van der Waals surface area contributed by atoms with Gasteiger partial charge in [0.25, 0.3) is 0 Å². The van der Waals surface area contributed by atoms with E-state index in [4.69, 9.17) is 0 Å². The van der Waals surface area contributed by atoms with E-state index in [0.717, 1.165) is 25.5 Å². The molecule has 0 spiro atoms. The Morgan fingerprint density at radius 3 is 2.95 bits per heavy atom. The number of nitrogens with one attached hydrogen (secondary N) is 1. The van der Waals surface area contributed by atoms with Crippen LogP contribution in [-0.4, -0.2) is 29.3 Å². The second-order valence-corrected chi connectivity index (χ2v) is 6.19. The molecule has 0 unspecified atom stereocenters. The minimum absolute atomic E-state index is 0.493. The van der Waals surface area contributed by atoms with E-state index in [9.17, 15) is 0 Å². The van der Waals surface area contributed by atoms with E-state index >= 15 is 0 Å². The Morgan fingerprint density at radius 2 is 2.14 bits per heavy atom. The minimum atomic E-state index is 0.493. The zero-order valence-corrected chi connectivity index (χ0v) is 13.5. The van der Waals surface area contributed by atoms with E-state index in [1.54, 1.807) is 6.20 Å². The van der Waals surface area contributed by atoms with Gasteiger partial charge in [0, 0.05) is 36.3 Å². The lowest BCUT2D eigenvalue weighted by molar-refractivity contribution is 0.419. The first-order valence-corrected chi connectivity index (χ1v) is 8.11. The van der Waals surface area contributed by atoms with E-state index in [1.807, 2.05) is 18.2 Å². The standard InChI is InChI=1S/C16H19BrN4/c17-15-7-2-1-5-13(15)11-18-14-6-4-10-21(12-14)16-8-3-9-19-20-16/h1-3,5,7-9,14,18H,4,6,10-12H2/t14-/m1/s1. The van der Waals surface area contributed by atoms with Gasteiger partial charge >= 0.3 is 0 Å². The van der Waals surface area contributed by atoms with Gasteiger partial charge < -0.3 is 10.2 Å². The van der Waals surface area contributed by atoms with Crippen molar-refractivity contribution in [2.45, 2.75) is 25.4 Å². The Bertz CT molecular complexity index is 575. The Balaban J connectivity index is 1.58. The number of aromatic nitrogens is 2. The fourth-order valence-electron chi connectivity index (χ4n) is 2.71. The van der Waals surface area contributed by atoms with E-state index in [-0.39, 0.29) is 0 Å². The lowest BCUT2D eigenvalue weighted by atomic mass is 10.1. The number of rotatable bonds is 4. The van der Waals surface area contributed by atoms with Crippen molar-refractivity contribution in [1.82, 2.24) is 15.5 Å². The van der Waals surface area contributed by atoms with Crippen LogP contribution in [0.5, 0.6) is 0 Å². The molecule has 2 aromatic rings. The molecule has 3 rings (SSSR count). The highest BCUT2D eigenvalue weighted by Gasteiger charge is 2.20. The molecule has 1 atom stereocenters. The molecule has 1 fully saturated rings. The van der Waals surface area contributed by atoms with Crippen LogP contribution < -0.4 is 10.2 Å². The first kappa shape index (κ1) is 14.5. The molecular formula is C16H19BrN4.